The van der Waals surface area contributed by atoms with Crippen LogP contribution in [0.15, 0.2) is 18.2 Å². The number of halogens is 1. The molecule has 0 bridgehead atoms. The van der Waals surface area contributed by atoms with Gasteiger partial charge in [0.15, 0.2) is 0 Å². The van der Waals surface area contributed by atoms with Crippen LogP contribution >= 0.6 is 11.6 Å². The smallest absolute Gasteiger partial charge is 0.123 e. The second kappa shape index (κ2) is 3.79. The summed E-state index contributed by atoms with van der Waals surface area (Å²) in [5.41, 5.74) is 6.75. The van der Waals surface area contributed by atoms with E-state index >= 15 is 0 Å². The fourth-order valence-corrected chi connectivity index (χ4v) is 2.22. The minimum Gasteiger partial charge on any atom is -0.496 e. The Labute approximate surface area is 89.0 Å². The van der Waals surface area contributed by atoms with Crippen molar-refractivity contribution in [2.45, 2.75) is 12.3 Å². The maximum absolute atomic E-state index is 6.14. The van der Waals surface area contributed by atoms with Crippen LogP contribution in [-0.2, 0) is 0 Å². The summed E-state index contributed by atoms with van der Waals surface area (Å²) >= 11 is 6.14. The third-order valence-corrected chi connectivity index (χ3v) is 3.16. The summed E-state index contributed by atoms with van der Waals surface area (Å²) in [5, 5.41) is 0.797. The second-order valence-electron chi connectivity index (χ2n) is 3.69. The predicted octanol–water partition coefficient (Wildman–Crippen LogP) is 2.41. The van der Waals surface area contributed by atoms with Crippen molar-refractivity contribution in [1.29, 1.82) is 0 Å². The van der Waals surface area contributed by atoms with Crippen LogP contribution in [0.3, 0.4) is 0 Å². The van der Waals surface area contributed by atoms with Gasteiger partial charge in [0, 0.05) is 10.6 Å². The average molecular weight is 212 g/mol. The third kappa shape index (κ3) is 1.60. The van der Waals surface area contributed by atoms with E-state index in [0.717, 1.165) is 29.3 Å². The van der Waals surface area contributed by atoms with E-state index in [-0.39, 0.29) is 0 Å². The van der Waals surface area contributed by atoms with Crippen molar-refractivity contribution < 1.29 is 4.74 Å². The van der Waals surface area contributed by atoms with E-state index in [9.17, 15) is 0 Å². The normalized spacial score (nSPS) is 24.8. The minimum absolute atomic E-state index is 0.503. The standard InChI is InChI=1S/C11H14ClNO/c1-14-10-4-2-3-9(12)11(10)8-5-7(8)6-13/h2-4,7-8H,5-6,13H2,1H3. The zero-order valence-corrected chi connectivity index (χ0v) is 8.92. The zero-order valence-electron chi connectivity index (χ0n) is 8.16. The summed E-state index contributed by atoms with van der Waals surface area (Å²) < 4.78 is 5.30. The Morgan fingerprint density at radius 2 is 2.36 bits per heavy atom. The molecule has 2 rings (SSSR count). The van der Waals surface area contributed by atoms with Gasteiger partial charge in [0.1, 0.15) is 5.75 Å². The van der Waals surface area contributed by atoms with Gasteiger partial charge in [0.2, 0.25) is 0 Å². The maximum atomic E-state index is 6.14. The molecule has 0 heterocycles. The highest BCUT2D eigenvalue weighted by Crippen LogP contribution is 2.51. The van der Waals surface area contributed by atoms with Crippen molar-refractivity contribution in [3.05, 3.63) is 28.8 Å². The van der Waals surface area contributed by atoms with Gasteiger partial charge in [0.05, 0.1) is 7.11 Å². The van der Waals surface area contributed by atoms with E-state index in [1.165, 1.54) is 0 Å². The van der Waals surface area contributed by atoms with E-state index < -0.39 is 0 Å². The number of nitrogens with two attached hydrogens (primary N) is 1. The van der Waals surface area contributed by atoms with Crippen LogP contribution in [-0.4, -0.2) is 13.7 Å². The Hall–Kier alpha value is -0.730. The molecule has 2 nitrogen and oxygen atoms in total. The van der Waals surface area contributed by atoms with E-state index in [1.54, 1.807) is 7.11 Å². The molecule has 1 aromatic carbocycles. The predicted molar refractivity (Wildman–Crippen MR) is 57.9 cm³/mol. The molecule has 3 heteroatoms. The lowest BCUT2D eigenvalue weighted by atomic mass is 10.1. The molecule has 0 spiro atoms. The van der Waals surface area contributed by atoms with Crippen LogP contribution in [0.1, 0.15) is 17.9 Å². The van der Waals surface area contributed by atoms with Gasteiger partial charge < -0.3 is 10.5 Å². The fraction of sp³-hybridized carbons (Fsp3) is 0.455. The molecule has 0 amide bonds. The molecule has 1 aliphatic carbocycles. The van der Waals surface area contributed by atoms with E-state index in [2.05, 4.69) is 0 Å². The van der Waals surface area contributed by atoms with Crippen LogP contribution in [0.5, 0.6) is 5.75 Å². The lowest BCUT2D eigenvalue weighted by molar-refractivity contribution is 0.409. The molecule has 2 unspecified atom stereocenters. The first-order chi connectivity index (χ1) is 6.77. The number of hydrogen-bond donors (Lipinski definition) is 1. The molecule has 14 heavy (non-hydrogen) atoms. The lowest BCUT2D eigenvalue weighted by Gasteiger charge is -2.09. The largest absolute Gasteiger partial charge is 0.496 e. The Bertz CT molecular complexity index is 340. The number of rotatable bonds is 3. The van der Waals surface area contributed by atoms with Gasteiger partial charge in [-0.2, -0.15) is 0 Å². The van der Waals surface area contributed by atoms with Gasteiger partial charge in [-0.25, -0.2) is 0 Å². The van der Waals surface area contributed by atoms with Gasteiger partial charge >= 0.3 is 0 Å². The Kier molecular flexibility index (Phi) is 2.66. The molecule has 1 aromatic rings. The molecule has 1 aliphatic rings. The van der Waals surface area contributed by atoms with Crippen molar-refractivity contribution in [2.24, 2.45) is 11.7 Å². The first-order valence-electron chi connectivity index (χ1n) is 4.80. The van der Waals surface area contributed by atoms with Crippen molar-refractivity contribution in [2.75, 3.05) is 13.7 Å². The lowest BCUT2D eigenvalue weighted by Crippen LogP contribution is -2.02. The van der Waals surface area contributed by atoms with Gasteiger partial charge in [-0.3, -0.25) is 0 Å². The van der Waals surface area contributed by atoms with Crippen LogP contribution in [0, 0.1) is 5.92 Å². The average Bonchev–Trinajstić information content (AvgIpc) is 2.96. The van der Waals surface area contributed by atoms with Crippen LogP contribution in [0.2, 0.25) is 5.02 Å². The second-order valence-corrected chi connectivity index (χ2v) is 4.10. The SMILES string of the molecule is COc1cccc(Cl)c1C1CC1CN. The number of ether oxygens (including phenoxy) is 1. The molecule has 0 aliphatic heterocycles. The first-order valence-corrected chi connectivity index (χ1v) is 5.18. The highest BCUT2D eigenvalue weighted by atomic mass is 35.5. The fourth-order valence-electron chi connectivity index (χ4n) is 1.92. The maximum Gasteiger partial charge on any atom is 0.123 e. The number of methoxy groups -OCH3 is 1. The van der Waals surface area contributed by atoms with Crippen LogP contribution < -0.4 is 10.5 Å². The van der Waals surface area contributed by atoms with Gasteiger partial charge in [0.25, 0.3) is 0 Å². The third-order valence-electron chi connectivity index (χ3n) is 2.83. The molecule has 76 valence electrons. The van der Waals surface area contributed by atoms with Crippen molar-refractivity contribution in [3.63, 3.8) is 0 Å². The molecule has 0 saturated heterocycles. The Balaban J connectivity index is 2.32. The highest BCUT2D eigenvalue weighted by molar-refractivity contribution is 6.31. The van der Waals surface area contributed by atoms with E-state index in [4.69, 9.17) is 22.1 Å². The Morgan fingerprint density at radius 1 is 1.57 bits per heavy atom. The molecule has 0 aromatic heterocycles. The quantitative estimate of drug-likeness (QED) is 0.834. The summed E-state index contributed by atoms with van der Waals surface area (Å²) in [6.07, 6.45) is 1.14. The number of hydrogen-bond acceptors (Lipinski definition) is 2. The monoisotopic (exact) mass is 211 g/mol. The number of benzene rings is 1. The van der Waals surface area contributed by atoms with Crippen molar-refractivity contribution in [3.8, 4) is 5.75 Å². The zero-order chi connectivity index (χ0) is 10.1. The molecule has 2 N–H and O–H groups in total. The molecule has 1 fully saturated rings. The molecular weight excluding hydrogens is 198 g/mol. The summed E-state index contributed by atoms with van der Waals surface area (Å²) in [6.45, 7) is 0.735. The molecular formula is C11H14ClNO. The van der Waals surface area contributed by atoms with Crippen molar-refractivity contribution >= 4 is 11.6 Å². The summed E-state index contributed by atoms with van der Waals surface area (Å²) in [4.78, 5) is 0. The topological polar surface area (TPSA) is 35.2 Å². The van der Waals surface area contributed by atoms with E-state index in [1.807, 2.05) is 18.2 Å². The van der Waals surface area contributed by atoms with Crippen LogP contribution in [0.4, 0.5) is 0 Å². The summed E-state index contributed by atoms with van der Waals surface area (Å²) in [6, 6.07) is 5.77. The first kappa shape index (κ1) is 9.81. The molecule has 2 atom stereocenters. The van der Waals surface area contributed by atoms with Gasteiger partial charge in [-0.05, 0) is 36.9 Å². The van der Waals surface area contributed by atoms with Gasteiger partial charge in [-0.15, -0.1) is 0 Å². The Morgan fingerprint density at radius 3 is 2.93 bits per heavy atom. The summed E-state index contributed by atoms with van der Waals surface area (Å²) in [7, 11) is 1.68. The van der Waals surface area contributed by atoms with Gasteiger partial charge in [-0.1, -0.05) is 17.7 Å². The molecule has 0 radical (unpaired) electrons. The van der Waals surface area contributed by atoms with E-state index in [0.29, 0.717) is 11.8 Å². The van der Waals surface area contributed by atoms with Crippen LogP contribution in [0.25, 0.3) is 0 Å². The summed E-state index contributed by atoms with van der Waals surface area (Å²) in [5.74, 6) is 1.98. The minimum atomic E-state index is 0.503. The molecule has 1 saturated carbocycles. The highest BCUT2D eigenvalue weighted by Gasteiger charge is 2.39. The van der Waals surface area contributed by atoms with Crippen molar-refractivity contribution in [1.82, 2.24) is 0 Å².